The Morgan fingerprint density at radius 2 is 2.06 bits per heavy atom. The zero-order valence-electron chi connectivity index (χ0n) is 10.6. The van der Waals surface area contributed by atoms with Gasteiger partial charge in [-0.1, -0.05) is 13.8 Å². The van der Waals surface area contributed by atoms with E-state index >= 15 is 0 Å². The lowest BCUT2D eigenvalue weighted by molar-refractivity contribution is -0.143. The lowest BCUT2D eigenvalue weighted by atomic mass is 9.69. The highest BCUT2D eigenvalue weighted by atomic mass is 16.2. The molecular weight excluding hydrogens is 214 g/mol. The van der Waals surface area contributed by atoms with E-state index in [1.165, 1.54) is 0 Å². The second-order valence-corrected chi connectivity index (χ2v) is 5.10. The molecule has 1 aliphatic carbocycles. The summed E-state index contributed by atoms with van der Waals surface area (Å²) >= 11 is 0. The molecule has 0 unspecified atom stereocenters. The highest BCUT2D eigenvalue weighted by molar-refractivity contribution is 5.86. The van der Waals surface area contributed by atoms with Gasteiger partial charge in [0.1, 0.15) is 5.41 Å². The van der Waals surface area contributed by atoms with Gasteiger partial charge in [0.05, 0.1) is 18.6 Å². The molecule has 1 fully saturated rings. The third-order valence-electron chi connectivity index (χ3n) is 3.20. The van der Waals surface area contributed by atoms with Crippen LogP contribution < -0.4 is 0 Å². The number of amides is 1. The molecule has 0 spiro atoms. The lowest BCUT2D eigenvalue weighted by Gasteiger charge is -2.38. The largest absolute Gasteiger partial charge is 0.340 e. The average molecular weight is 233 g/mol. The van der Waals surface area contributed by atoms with Crippen molar-refractivity contribution in [3.63, 3.8) is 0 Å². The van der Waals surface area contributed by atoms with Crippen LogP contribution in [0, 0.1) is 34.0 Å². The van der Waals surface area contributed by atoms with Crippen LogP contribution in [0.25, 0.3) is 0 Å². The summed E-state index contributed by atoms with van der Waals surface area (Å²) in [6.07, 6.45) is 2.63. The van der Waals surface area contributed by atoms with Gasteiger partial charge in [-0.25, -0.2) is 0 Å². The van der Waals surface area contributed by atoms with E-state index in [1.54, 1.807) is 4.90 Å². The van der Waals surface area contributed by atoms with E-state index in [9.17, 15) is 4.79 Å². The van der Waals surface area contributed by atoms with E-state index in [4.69, 9.17) is 10.5 Å². The molecule has 4 nitrogen and oxygen atoms in total. The van der Waals surface area contributed by atoms with Crippen molar-refractivity contribution < 1.29 is 4.79 Å². The predicted molar refractivity (Wildman–Crippen MR) is 63.5 cm³/mol. The van der Waals surface area contributed by atoms with Crippen LogP contribution in [0.4, 0.5) is 0 Å². The molecule has 1 saturated carbocycles. The van der Waals surface area contributed by atoms with Crippen molar-refractivity contribution >= 4 is 5.91 Å². The summed E-state index contributed by atoms with van der Waals surface area (Å²) in [4.78, 5) is 14.0. The smallest absolute Gasteiger partial charge is 0.243 e. The highest BCUT2D eigenvalue weighted by Crippen LogP contribution is 2.41. The molecule has 17 heavy (non-hydrogen) atoms. The second kappa shape index (κ2) is 5.68. The van der Waals surface area contributed by atoms with Gasteiger partial charge in [-0.2, -0.15) is 10.5 Å². The van der Waals surface area contributed by atoms with E-state index < -0.39 is 5.41 Å². The Balaban J connectivity index is 2.72. The van der Waals surface area contributed by atoms with Crippen molar-refractivity contribution in [3.8, 4) is 12.1 Å². The van der Waals surface area contributed by atoms with Crippen molar-refractivity contribution in [2.75, 3.05) is 13.1 Å². The highest BCUT2D eigenvalue weighted by Gasteiger charge is 2.46. The average Bonchev–Trinajstić information content (AvgIpc) is 2.22. The van der Waals surface area contributed by atoms with Crippen LogP contribution in [0.5, 0.6) is 0 Å². The quantitative estimate of drug-likeness (QED) is 0.730. The standard InChI is InChI=1S/C13H19N3O/c1-11(2)9-16(8-4-7-14)12(17)13(10-15)5-3-6-13/h11H,3-6,8-9H2,1-2H3. The van der Waals surface area contributed by atoms with Gasteiger partial charge in [-0.3, -0.25) is 4.79 Å². The molecular formula is C13H19N3O. The maximum atomic E-state index is 12.3. The molecule has 0 radical (unpaired) electrons. The van der Waals surface area contributed by atoms with Crippen LogP contribution in [0.1, 0.15) is 39.5 Å². The third kappa shape index (κ3) is 2.97. The van der Waals surface area contributed by atoms with Crippen LogP contribution >= 0.6 is 0 Å². The minimum absolute atomic E-state index is 0.0739. The predicted octanol–water partition coefficient (Wildman–Crippen LogP) is 2.08. The number of nitrogens with zero attached hydrogens (tertiary/aromatic N) is 3. The van der Waals surface area contributed by atoms with Crippen LogP contribution in [0.15, 0.2) is 0 Å². The van der Waals surface area contributed by atoms with Gasteiger partial charge in [-0.15, -0.1) is 0 Å². The Bertz CT molecular complexity index is 358. The molecule has 92 valence electrons. The lowest BCUT2D eigenvalue weighted by Crippen LogP contribution is -2.48. The Labute approximate surface area is 103 Å². The maximum Gasteiger partial charge on any atom is 0.243 e. The van der Waals surface area contributed by atoms with Crippen molar-refractivity contribution in [2.45, 2.75) is 39.5 Å². The first-order chi connectivity index (χ1) is 8.05. The molecule has 1 aliphatic rings. The fourth-order valence-corrected chi connectivity index (χ4v) is 2.11. The first-order valence-corrected chi connectivity index (χ1v) is 6.13. The molecule has 0 atom stereocenters. The number of nitriles is 2. The summed E-state index contributed by atoms with van der Waals surface area (Å²) in [6.45, 7) is 5.14. The molecule has 0 aromatic rings. The summed E-state index contributed by atoms with van der Waals surface area (Å²) in [7, 11) is 0. The molecule has 0 aromatic heterocycles. The molecule has 0 N–H and O–H groups in total. The van der Waals surface area contributed by atoms with Crippen LogP contribution in [0.2, 0.25) is 0 Å². The van der Waals surface area contributed by atoms with Crippen molar-refractivity contribution in [2.24, 2.45) is 11.3 Å². The second-order valence-electron chi connectivity index (χ2n) is 5.10. The van der Waals surface area contributed by atoms with E-state index in [-0.39, 0.29) is 5.91 Å². The van der Waals surface area contributed by atoms with Crippen LogP contribution in [-0.4, -0.2) is 23.9 Å². The molecule has 0 aliphatic heterocycles. The number of rotatable bonds is 5. The van der Waals surface area contributed by atoms with Gasteiger partial charge in [0.2, 0.25) is 5.91 Å². The summed E-state index contributed by atoms with van der Waals surface area (Å²) in [6, 6.07) is 4.23. The third-order valence-corrected chi connectivity index (χ3v) is 3.20. The molecule has 1 rings (SSSR count). The van der Waals surface area contributed by atoms with Gasteiger partial charge in [0.25, 0.3) is 0 Å². The fourth-order valence-electron chi connectivity index (χ4n) is 2.11. The molecule has 0 heterocycles. The Hall–Kier alpha value is -1.55. The van der Waals surface area contributed by atoms with Crippen LogP contribution in [0.3, 0.4) is 0 Å². The number of carbonyl (C=O) groups is 1. The first-order valence-electron chi connectivity index (χ1n) is 6.13. The van der Waals surface area contributed by atoms with Gasteiger partial charge >= 0.3 is 0 Å². The normalized spacial score (nSPS) is 16.8. The van der Waals surface area contributed by atoms with Gasteiger partial charge in [-0.05, 0) is 25.2 Å². The minimum Gasteiger partial charge on any atom is -0.340 e. The van der Waals surface area contributed by atoms with E-state index in [2.05, 4.69) is 12.1 Å². The van der Waals surface area contributed by atoms with Crippen molar-refractivity contribution in [1.82, 2.24) is 4.90 Å². The Kier molecular flexibility index (Phi) is 4.52. The van der Waals surface area contributed by atoms with Gasteiger partial charge < -0.3 is 4.90 Å². The summed E-state index contributed by atoms with van der Waals surface area (Å²) in [5, 5.41) is 17.8. The van der Waals surface area contributed by atoms with Crippen molar-refractivity contribution in [3.05, 3.63) is 0 Å². The fraction of sp³-hybridized carbons (Fsp3) is 0.769. The van der Waals surface area contributed by atoms with E-state index in [0.29, 0.717) is 38.3 Å². The van der Waals surface area contributed by atoms with Gasteiger partial charge in [0, 0.05) is 13.1 Å². The SMILES string of the molecule is CC(C)CN(CCC#N)C(=O)C1(C#N)CCC1. The monoisotopic (exact) mass is 233 g/mol. The summed E-state index contributed by atoms with van der Waals surface area (Å²) < 4.78 is 0. The zero-order valence-corrected chi connectivity index (χ0v) is 10.6. The van der Waals surface area contributed by atoms with E-state index in [1.807, 2.05) is 13.8 Å². The first kappa shape index (κ1) is 13.5. The summed E-state index contributed by atoms with van der Waals surface area (Å²) in [5.41, 5.74) is -0.787. The number of carbonyl (C=O) groups excluding carboxylic acids is 1. The molecule has 0 aromatic carbocycles. The zero-order chi connectivity index (χ0) is 12.9. The van der Waals surface area contributed by atoms with Crippen molar-refractivity contribution in [1.29, 1.82) is 10.5 Å². The minimum atomic E-state index is -0.787. The Morgan fingerprint density at radius 3 is 2.41 bits per heavy atom. The van der Waals surface area contributed by atoms with E-state index in [0.717, 1.165) is 6.42 Å². The summed E-state index contributed by atoms with van der Waals surface area (Å²) in [5.74, 6) is 0.281. The molecule has 4 heteroatoms. The molecule has 0 saturated heterocycles. The topological polar surface area (TPSA) is 67.9 Å². The Morgan fingerprint density at radius 1 is 1.41 bits per heavy atom. The number of hydrogen-bond donors (Lipinski definition) is 0. The van der Waals surface area contributed by atoms with Crippen LogP contribution in [-0.2, 0) is 4.79 Å². The molecule has 0 bridgehead atoms. The van der Waals surface area contributed by atoms with Gasteiger partial charge in [0.15, 0.2) is 0 Å². The maximum absolute atomic E-state index is 12.3. The molecule has 1 amide bonds. The number of hydrogen-bond acceptors (Lipinski definition) is 3.